The van der Waals surface area contributed by atoms with Crippen LogP contribution < -0.4 is 4.74 Å². The van der Waals surface area contributed by atoms with E-state index < -0.39 is 23.2 Å². The largest absolute Gasteiger partial charge is 0.504 e. The summed E-state index contributed by atoms with van der Waals surface area (Å²) in [6.07, 6.45) is 4.00. The predicted molar refractivity (Wildman–Crippen MR) is 75.4 cm³/mol. The molecule has 2 saturated carbocycles. The van der Waals surface area contributed by atoms with Crippen LogP contribution in [0.1, 0.15) is 43.2 Å². The SMILES string of the molecule is Oc1ccc2c3c1OC1[C@@H](O)CC[C@@]4(O)[C@H](CCC[C@]314)C2. The van der Waals surface area contributed by atoms with Gasteiger partial charge in [0.2, 0.25) is 0 Å². The Morgan fingerprint density at radius 1 is 1.19 bits per heavy atom. The van der Waals surface area contributed by atoms with Crippen molar-refractivity contribution in [3.05, 3.63) is 23.3 Å². The van der Waals surface area contributed by atoms with E-state index in [1.165, 1.54) is 5.56 Å². The second-order valence-corrected chi connectivity index (χ2v) is 7.28. The standard InChI is InChI=1S/C17H20O4/c18-11-4-3-9-8-10-2-1-6-16-13(9)14(11)21-15(16)12(19)5-7-17(10,16)20/h3-4,10,12,15,18-20H,1-2,5-8H2/t10-,12+,15?,16+,17-/m1/s1. The van der Waals surface area contributed by atoms with Crippen molar-refractivity contribution in [1.29, 1.82) is 0 Å². The molecule has 112 valence electrons. The maximum absolute atomic E-state index is 11.5. The lowest BCUT2D eigenvalue weighted by atomic mass is 9.45. The second-order valence-electron chi connectivity index (χ2n) is 7.28. The Bertz CT molecular complexity index is 642. The van der Waals surface area contributed by atoms with Gasteiger partial charge in [0.1, 0.15) is 6.10 Å². The number of phenols is 1. The highest BCUT2D eigenvalue weighted by Crippen LogP contribution is 2.67. The Labute approximate surface area is 123 Å². The lowest BCUT2D eigenvalue weighted by Gasteiger charge is -2.61. The highest BCUT2D eigenvalue weighted by atomic mass is 16.5. The number of phenolic OH excluding ortho intramolecular Hbond substituents is 1. The van der Waals surface area contributed by atoms with Crippen LogP contribution in [0.4, 0.5) is 0 Å². The third kappa shape index (κ3) is 1.14. The molecule has 0 saturated heterocycles. The molecule has 0 radical (unpaired) electrons. The zero-order valence-corrected chi connectivity index (χ0v) is 11.9. The second kappa shape index (κ2) is 3.55. The molecular weight excluding hydrogens is 268 g/mol. The Hall–Kier alpha value is -1.26. The van der Waals surface area contributed by atoms with E-state index in [0.717, 1.165) is 31.2 Å². The normalized spacial score (nSPS) is 45.9. The molecule has 0 aromatic heterocycles. The van der Waals surface area contributed by atoms with Gasteiger partial charge in [0.15, 0.2) is 11.5 Å². The van der Waals surface area contributed by atoms with Crippen LogP contribution in [-0.2, 0) is 11.8 Å². The molecule has 1 aromatic carbocycles. The van der Waals surface area contributed by atoms with Gasteiger partial charge in [-0.05, 0) is 49.7 Å². The fourth-order valence-electron chi connectivity index (χ4n) is 5.83. The fourth-order valence-corrected chi connectivity index (χ4v) is 5.83. The maximum atomic E-state index is 11.5. The maximum Gasteiger partial charge on any atom is 0.165 e. The summed E-state index contributed by atoms with van der Waals surface area (Å²) in [4.78, 5) is 0. The summed E-state index contributed by atoms with van der Waals surface area (Å²) in [7, 11) is 0. The minimum absolute atomic E-state index is 0.135. The van der Waals surface area contributed by atoms with Gasteiger partial charge in [-0.15, -0.1) is 0 Å². The van der Waals surface area contributed by atoms with E-state index in [0.29, 0.717) is 18.6 Å². The molecule has 3 N–H and O–H groups in total. The summed E-state index contributed by atoms with van der Waals surface area (Å²) in [5, 5.41) is 32.2. The molecule has 1 heterocycles. The lowest BCUT2D eigenvalue weighted by Crippen LogP contribution is -2.70. The van der Waals surface area contributed by atoms with E-state index in [-0.39, 0.29) is 11.7 Å². The van der Waals surface area contributed by atoms with Crippen molar-refractivity contribution in [2.24, 2.45) is 5.92 Å². The van der Waals surface area contributed by atoms with Gasteiger partial charge in [-0.2, -0.15) is 0 Å². The molecule has 5 rings (SSSR count). The number of aliphatic hydroxyl groups is 2. The van der Waals surface area contributed by atoms with Crippen LogP contribution in [0.3, 0.4) is 0 Å². The first-order valence-electron chi connectivity index (χ1n) is 8.00. The summed E-state index contributed by atoms with van der Waals surface area (Å²) < 4.78 is 6.03. The van der Waals surface area contributed by atoms with Crippen molar-refractivity contribution in [3.63, 3.8) is 0 Å². The van der Waals surface area contributed by atoms with E-state index in [1.807, 2.05) is 6.07 Å². The Kier molecular flexibility index (Phi) is 2.08. The van der Waals surface area contributed by atoms with Crippen molar-refractivity contribution in [2.45, 2.75) is 61.7 Å². The van der Waals surface area contributed by atoms with Gasteiger partial charge in [-0.3, -0.25) is 0 Å². The molecule has 4 heteroatoms. The molecule has 1 aromatic rings. The summed E-state index contributed by atoms with van der Waals surface area (Å²) in [6.45, 7) is 0. The minimum Gasteiger partial charge on any atom is -0.504 e. The molecular formula is C17H20O4. The average Bonchev–Trinajstić information content (AvgIpc) is 2.80. The van der Waals surface area contributed by atoms with Crippen molar-refractivity contribution in [3.8, 4) is 11.5 Å². The summed E-state index contributed by atoms with van der Waals surface area (Å²) in [6, 6.07) is 3.66. The van der Waals surface area contributed by atoms with Gasteiger partial charge < -0.3 is 20.1 Å². The molecule has 3 aliphatic carbocycles. The van der Waals surface area contributed by atoms with Gasteiger partial charge in [-0.25, -0.2) is 0 Å². The first-order valence-corrected chi connectivity index (χ1v) is 8.00. The lowest BCUT2D eigenvalue weighted by molar-refractivity contribution is -0.195. The molecule has 1 aliphatic heterocycles. The Morgan fingerprint density at radius 2 is 2.05 bits per heavy atom. The highest BCUT2D eigenvalue weighted by Gasteiger charge is 2.71. The molecule has 2 bridgehead atoms. The van der Waals surface area contributed by atoms with E-state index in [1.54, 1.807) is 6.07 Å². The first kappa shape index (κ1) is 12.3. The van der Waals surface area contributed by atoms with Crippen LogP contribution in [0, 0.1) is 5.92 Å². The van der Waals surface area contributed by atoms with E-state index in [4.69, 9.17) is 4.74 Å². The summed E-state index contributed by atoms with van der Waals surface area (Å²) >= 11 is 0. The van der Waals surface area contributed by atoms with Gasteiger partial charge in [-0.1, -0.05) is 12.5 Å². The summed E-state index contributed by atoms with van der Waals surface area (Å²) in [5.41, 5.74) is 0.870. The van der Waals surface area contributed by atoms with Crippen LogP contribution in [0.25, 0.3) is 0 Å². The molecule has 2 fully saturated rings. The Balaban J connectivity index is 1.87. The molecule has 4 aliphatic rings. The quantitative estimate of drug-likeness (QED) is 0.678. The zero-order valence-electron chi connectivity index (χ0n) is 11.9. The fraction of sp³-hybridized carbons (Fsp3) is 0.647. The van der Waals surface area contributed by atoms with Crippen molar-refractivity contribution < 1.29 is 20.1 Å². The minimum atomic E-state index is -0.790. The van der Waals surface area contributed by atoms with Crippen LogP contribution >= 0.6 is 0 Å². The monoisotopic (exact) mass is 288 g/mol. The molecule has 5 atom stereocenters. The van der Waals surface area contributed by atoms with Gasteiger partial charge in [0.25, 0.3) is 0 Å². The van der Waals surface area contributed by atoms with Crippen LogP contribution in [0.2, 0.25) is 0 Å². The third-order valence-electron chi connectivity index (χ3n) is 6.61. The van der Waals surface area contributed by atoms with Crippen molar-refractivity contribution in [1.82, 2.24) is 0 Å². The van der Waals surface area contributed by atoms with E-state index >= 15 is 0 Å². The molecule has 1 unspecified atom stereocenters. The predicted octanol–water partition coefficient (Wildman–Crippen LogP) is 1.63. The van der Waals surface area contributed by atoms with Crippen molar-refractivity contribution in [2.75, 3.05) is 0 Å². The topological polar surface area (TPSA) is 69.9 Å². The van der Waals surface area contributed by atoms with Gasteiger partial charge >= 0.3 is 0 Å². The van der Waals surface area contributed by atoms with Gasteiger partial charge in [0, 0.05) is 5.56 Å². The third-order valence-corrected chi connectivity index (χ3v) is 6.61. The Morgan fingerprint density at radius 3 is 2.90 bits per heavy atom. The van der Waals surface area contributed by atoms with Gasteiger partial charge in [0.05, 0.1) is 17.1 Å². The van der Waals surface area contributed by atoms with Crippen LogP contribution in [0.5, 0.6) is 11.5 Å². The number of hydrogen-bond acceptors (Lipinski definition) is 4. The van der Waals surface area contributed by atoms with E-state index in [9.17, 15) is 15.3 Å². The number of ether oxygens (including phenoxy) is 1. The number of aromatic hydroxyl groups is 1. The average molecular weight is 288 g/mol. The molecule has 0 amide bonds. The number of rotatable bonds is 0. The van der Waals surface area contributed by atoms with E-state index in [2.05, 4.69) is 0 Å². The first-order chi connectivity index (χ1) is 10.1. The molecule has 4 nitrogen and oxygen atoms in total. The van der Waals surface area contributed by atoms with Crippen LogP contribution in [0.15, 0.2) is 12.1 Å². The number of hydrogen-bond donors (Lipinski definition) is 3. The molecule has 1 spiro atoms. The summed E-state index contributed by atoms with van der Waals surface area (Å²) in [5.74, 6) is 0.890. The smallest absolute Gasteiger partial charge is 0.165 e. The number of benzene rings is 1. The zero-order chi connectivity index (χ0) is 14.4. The number of aliphatic hydroxyl groups excluding tert-OH is 1. The highest BCUT2D eigenvalue weighted by molar-refractivity contribution is 5.61. The van der Waals surface area contributed by atoms with Crippen LogP contribution in [-0.4, -0.2) is 33.1 Å². The molecule has 21 heavy (non-hydrogen) atoms. The van der Waals surface area contributed by atoms with Crippen molar-refractivity contribution >= 4 is 0 Å².